The maximum atomic E-state index is 16.9. The van der Waals surface area contributed by atoms with Crippen molar-refractivity contribution in [1.82, 2.24) is 39.0 Å². The molecule has 3 unspecified atom stereocenters. The molecule has 2 bridgehead atoms. The molecule has 0 aromatic carbocycles. The van der Waals surface area contributed by atoms with Crippen molar-refractivity contribution in [2.75, 3.05) is 44.9 Å². The zero-order chi connectivity index (χ0) is 42.1. The molecule has 59 heavy (non-hydrogen) atoms. The molecule has 22 nitrogen and oxygen atoms in total. The molecule has 7 heterocycles. The molecule has 1 amide bonds. The number of nitrogens with one attached hydrogen (secondary N) is 2. The van der Waals surface area contributed by atoms with Crippen LogP contribution in [0.1, 0.15) is 38.4 Å². The van der Waals surface area contributed by atoms with E-state index in [1.54, 1.807) is 20.8 Å². The molecule has 3 N–H and O–H groups in total. The van der Waals surface area contributed by atoms with Crippen LogP contribution in [0.15, 0.2) is 23.8 Å². The van der Waals surface area contributed by atoms with Crippen LogP contribution in [0, 0.1) is 36.7 Å². The number of H-pyrrole nitrogens is 1. The predicted molar refractivity (Wildman–Crippen MR) is 211 cm³/mol. The summed E-state index contributed by atoms with van der Waals surface area (Å²) in [5.74, 6) is -1.82. The average molecular weight is 880 g/mol. The predicted octanol–water partition coefficient (Wildman–Crippen LogP) is 1.55. The third-order valence-electron chi connectivity index (χ3n) is 9.32. The summed E-state index contributed by atoms with van der Waals surface area (Å²) in [7, 11) is -4.44. The highest BCUT2D eigenvalue weighted by atomic mass is 32.5. The van der Waals surface area contributed by atoms with Crippen LogP contribution in [0.4, 0.5) is 10.3 Å². The number of aryl methyl sites for hydroxylation is 1. The number of aromatic nitrogens is 8. The second-order valence-electron chi connectivity index (χ2n) is 13.4. The minimum Gasteiger partial charge on any atom is -0.396 e. The van der Waals surface area contributed by atoms with Gasteiger partial charge in [0.25, 0.3) is 5.56 Å². The molecule has 3 fully saturated rings. The highest BCUT2D eigenvalue weighted by molar-refractivity contribution is 8.07. The molecule has 4 aromatic rings. The summed E-state index contributed by atoms with van der Waals surface area (Å²) in [6.45, 7) is 6.82. The quantitative estimate of drug-likeness (QED) is 0.0836. The van der Waals surface area contributed by atoms with Crippen molar-refractivity contribution < 1.29 is 50.9 Å². The summed E-state index contributed by atoms with van der Waals surface area (Å²) in [6, 6.07) is 2.04. The van der Waals surface area contributed by atoms with E-state index in [2.05, 4.69) is 40.1 Å². The normalized spacial score (nSPS) is 31.3. The maximum absolute atomic E-state index is 16.9. The highest BCUT2D eigenvalue weighted by Gasteiger charge is 2.56. The van der Waals surface area contributed by atoms with Gasteiger partial charge < -0.3 is 28.5 Å². The Morgan fingerprint density at radius 3 is 2.66 bits per heavy atom. The summed E-state index contributed by atoms with van der Waals surface area (Å²) in [6.07, 6.45) is -5.07. The molecular weight excluding hydrogens is 838 g/mol. The molecule has 10 atom stereocenters. The van der Waals surface area contributed by atoms with E-state index in [-0.39, 0.29) is 56.5 Å². The van der Waals surface area contributed by atoms with Crippen molar-refractivity contribution in [2.24, 2.45) is 11.8 Å². The number of alkyl halides is 1. The second kappa shape index (κ2) is 18.0. The number of imidazole rings is 2. The van der Waals surface area contributed by atoms with Crippen LogP contribution in [-0.4, -0.2) is 128 Å². The Bertz CT molecular complexity index is 2380. The van der Waals surface area contributed by atoms with E-state index in [1.165, 1.54) is 28.1 Å². The summed E-state index contributed by atoms with van der Waals surface area (Å²) in [4.78, 5) is 53.1. The van der Waals surface area contributed by atoms with Crippen LogP contribution in [0.25, 0.3) is 27.2 Å². The molecule has 3 aliphatic heterocycles. The average Bonchev–Trinajstić information content (AvgIpc) is 3.97. The molecule has 0 saturated carbocycles. The molecule has 27 heteroatoms. The molecule has 0 radical (unpaired) electrons. The molecule has 0 aliphatic carbocycles. The van der Waals surface area contributed by atoms with Gasteiger partial charge in [0.15, 0.2) is 41.5 Å². The molecule has 3 saturated heterocycles. The van der Waals surface area contributed by atoms with Crippen molar-refractivity contribution in [3.05, 3.63) is 46.4 Å². The molecular formula is C32H41BFN11O11P2S. The molecule has 4 aromatic heterocycles. The monoisotopic (exact) mass is 879 g/mol. The van der Waals surface area contributed by atoms with Crippen molar-refractivity contribution in [2.45, 2.75) is 70.2 Å². The fourth-order valence-electron chi connectivity index (χ4n) is 6.39. The van der Waals surface area contributed by atoms with Crippen LogP contribution in [0.5, 0.6) is 0 Å². The second-order valence-corrected chi connectivity index (χ2v) is 17.6. The number of halogens is 1. The topological polar surface area (TPSA) is 258 Å². The minimum absolute atomic E-state index is 0.00495. The van der Waals surface area contributed by atoms with Crippen LogP contribution >= 0.6 is 14.5 Å². The molecule has 3 aliphatic rings. The van der Waals surface area contributed by atoms with Crippen molar-refractivity contribution >= 4 is 68.1 Å². The van der Waals surface area contributed by atoms with E-state index < -0.39 is 95.1 Å². The third-order valence-corrected chi connectivity index (χ3v) is 12.8. The number of fused-ring (bicyclic) bond motifs is 5. The number of ether oxygens (including phenoxy) is 2. The number of hydrogen-bond donors (Lipinski definition) is 3. The van der Waals surface area contributed by atoms with E-state index in [0.29, 0.717) is 16.9 Å². The van der Waals surface area contributed by atoms with Gasteiger partial charge >= 0.3 is 6.72 Å². The van der Waals surface area contributed by atoms with Crippen LogP contribution < -0.4 is 10.9 Å². The first-order valence-corrected chi connectivity index (χ1v) is 21.6. The largest absolute Gasteiger partial charge is 0.396 e. The zero-order valence-corrected chi connectivity index (χ0v) is 33.7. The first-order valence-electron chi connectivity index (χ1n) is 17.9. The first kappa shape index (κ1) is 43.2. The number of carbonyl (C=O) groups is 1. The number of amides is 1. The van der Waals surface area contributed by atoms with Crippen LogP contribution in [0.2, 0.25) is 0 Å². The fraction of sp³-hybridized carbons (Fsp3) is 0.594. The van der Waals surface area contributed by atoms with Gasteiger partial charge in [-0.2, -0.15) is 10.2 Å². The Balaban J connectivity index is 1.28. The van der Waals surface area contributed by atoms with Gasteiger partial charge in [-0.1, -0.05) is 13.8 Å². The summed E-state index contributed by atoms with van der Waals surface area (Å²) >= 11 is 5.85. The molecule has 7 rings (SSSR count). The Hall–Kier alpha value is -3.94. The SMILES string of the molecule is [BH3-][P+]1(OCCC#N)OC[C@H]2OC(n3cnc4c(C)ncnc43)[C@@H](F)[C@H]2O[P@@](=S)(OCC[N+]#[C-])OCC2O[C@@H](n3cnc4c(=O)[nH]c(NC(=O)C(C)C)nc43)[C@@H](O1)[C@H]2CO. The number of rotatable bonds is 11. The lowest BCUT2D eigenvalue weighted by molar-refractivity contribution is -0.118. The lowest BCUT2D eigenvalue weighted by atomic mass is 9.99. The molecule has 0 spiro atoms. The zero-order valence-electron chi connectivity index (χ0n) is 31.1. The Morgan fingerprint density at radius 2 is 1.93 bits per heavy atom. The smallest absolute Gasteiger partial charge is 0.327 e. The van der Waals surface area contributed by atoms with Gasteiger partial charge in [-0.05, 0) is 18.7 Å². The van der Waals surface area contributed by atoms with Crippen molar-refractivity contribution in [3.63, 3.8) is 0 Å². The Morgan fingerprint density at radius 1 is 1.19 bits per heavy atom. The van der Waals surface area contributed by atoms with E-state index in [4.69, 9.17) is 55.0 Å². The van der Waals surface area contributed by atoms with Crippen LogP contribution in [0.3, 0.4) is 0 Å². The van der Waals surface area contributed by atoms with E-state index in [0.717, 1.165) is 0 Å². The standard InChI is InChI=1S/C32H41BFN11O11P2S/c1-16(2)28(47)42-32-41-27-23(29(48)43-32)40-15-45(27)31-24-18(10-46)19(53-31)11-52-58(59,50-9-7-36-4)56-25-20(12-51-57(33,55-24)49-8-5-6-35)54-30(21(25)34)44-14-39-22-17(3)37-13-38-26(22)44/h13-16,18-21,24-25,30-31,46H,5,7-12H2,1-3,33H3,(H2,41,42,43,47,48)/t18-,19?,20+,21-,24-,25-,30?,31+,57?,58+/m0/s1. The number of anilines is 1. The highest BCUT2D eigenvalue weighted by Crippen LogP contribution is 2.63. The number of hydrogen-bond acceptors (Lipinski definition) is 18. The van der Waals surface area contributed by atoms with E-state index in [9.17, 15) is 20.0 Å². The minimum atomic E-state index is -3.95. The summed E-state index contributed by atoms with van der Waals surface area (Å²) in [5, 5.41) is 22.9. The number of nitriles is 1. The first-order chi connectivity index (χ1) is 28.3. The van der Waals surface area contributed by atoms with E-state index >= 15 is 4.39 Å². The van der Waals surface area contributed by atoms with Crippen molar-refractivity contribution in [1.29, 1.82) is 5.26 Å². The van der Waals surface area contributed by atoms with E-state index in [1.807, 2.05) is 6.07 Å². The van der Waals surface area contributed by atoms with Gasteiger partial charge in [0.1, 0.15) is 43.9 Å². The van der Waals surface area contributed by atoms with Gasteiger partial charge in [0.05, 0.1) is 50.2 Å². The lowest BCUT2D eigenvalue weighted by Gasteiger charge is -2.32. The maximum Gasteiger partial charge on any atom is 0.327 e. The summed E-state index contributed by atoms with van der Waals surface area (Å²) < 4.78 is 70.6. The number of aromatic amines is 1. The third kappa shape index (κ3) is 8.94. The molecule has 316 valence electrons. The van der Waals surface area contributed by atoms with Gasteiger partial charge in [0.2, 0.25) is 33.8 Å². The number of carbonyl (C=O) groups excluding carboxylic acids is 1. The van der Waals surface area contributed by atoms with Crippen molar-refractivity contribution in [3.8, 4) is 6.07 Å². The van der Waals surface area contributed by atoms with Gasteiger partial charge in [0, 0.05) is 11.8 Å². The van der Waals surface area contributed by atoms with Crippen LogP contribution in [-0.2, 0) is 53.2 Å². The number of nitrogens with zero attached hydrogens (tertiary/aromatic N) is 9. The lowest BCUT2D eigenvalue weighted by Crippen LogP contribution is -2.35. The van der Waals surface area contributed by atoms with Gasteiger partial charge in [-0.3, -0.25) is 33.5 Å². The summed E-state index contributed by atoms with van der Waals surface area (Å²) in [5.41, 5.74) is 0.639. The fourth-order valence-corrected chi connectivity index (χ4v) is 9.64. The number of aliphatic hydroxyl groups excluding tert-OH is 1. The number of aliphatic hydroxyl groups is 1. The van der Waals surface area contributed by atoms with Gasteiger partial charge in [-0.15, -0.1) is 0 Å². The Labute approximate surface area is 342 Å². The van der Waals surface area contributed by atoms with Gasteiger partial charge in [-0.25, -0.2) is 44.5 Å². The Kier molecular flexibility index (Phi) is 13.1.